The lowest BCUT2D eigenvalue weighted by molar-refractivity contribution is -0.0848. The largest absolute Gasteiger partial charge is 0.387 e. The summed E-state index contributed by atoms with van der Waals surface area (Å²) in [5.74, 6) is 0.317. The second-order valence-corrected chi connectivity index (χ2v) is 6.05. The van der Waals surface area contributed by atoms with Crippen LogP contribution in [0, 0.1) is 0 Å². The van der Waals surface area contributed by atoms with Gasteiger partial charge in [0, 0.05) is 6.20 Å². The maximum Gasteiger partial charge on any atom is 0.164 e. The van der Waals surface area contributed by atoms with E-state index in [-0.39, 0.29) is 0 Å². The molecule has 0 aliphatic carbocycles. The minimum absolute atomic E-state index is 0.317. The van der Waals surface area contributed by atoms with Crippen LogP contribution in [0.5, 0.6) is 0 Å². The van der Waals surface area contributed by atoms with Crippen LogP contribution in [0.2, 0.25) is 0 Å². The molecule has 1 fully saturated rings. The van der Waals surface area contributed by atoms with Gasteiger partial charge in [-0.1, -0.05) is 30.3 Å². The zero-order valence-electron chi connectivity index (χ0n) is 13.2. The zero-order valence-corrected chi connectivity index (χ0v) is 13.2. The van der Waals surface area contributed by atoms with Crippen molar-refractivity contribution in [2.75, 3.05) is 5.73 Å². The van der Waals surface area contributed by atoms with Crippen molar-refractivity contribution in [1.82, 2.24) is 14.5 Å². The van der Waals surface area contributed by atoms with Gasteiger partial charge in [-0.2, -0.15) is 0 Å². The summed E-state index contributed by atoms with van der Waals surface area (Å²) in [5, 5.41) is 32.0. The summed E-state index contributed by atoms with van der Waals surface area (Å²) in [4.78, 5) is 8.10. The van der Waals surface area contributed by atoms with Gasteiger partial charge in [0.2, 0.25) is 0 Å². The predicted octanol–water partition coefficient (Wildman–Crippen LogP) is 0.366. The van der Waals surface area contributed by atoms with Gasteiger partial charge in [0.05, 0.1) is 5.39 Å². The molecule has 0 amide bonds. The summed E-state index contributed by atoms with van der Waals surface area (Å²) in [6.07, 6.45) is -2.44. The fraction of sp³-hybridized carbons (Fsp3) is 0.294. The van der Waals surface area contributed by atoms with E-state index in [9.17, 15) is 15.3 Å². The van der Waals surface area contributed by atoms with Crippen molar-refractivity contribution in [3.8, 4) is 0 Å². The summed E-state index contributed by atoms with van der Waals surface area (Å²) in [6.45, 7) is 0. The van der Waals surface area contributed by atoms with Crippen LogP contribution in [0.15, 0.2) is 48.9 Å². The van der Waals surface area contributed by atoms with Crippen LogP contribution in [0.25, 0.3) is 11.0 Å². The number of hydrogen-bond donors (Lipinski definition) is 4. The second-order valence-electron chi connectivity index (χ2n) is 6.05. The molecule has 0 spiro atoms. The van der Waals surface area contributed by atoms with E-state index in [1.54, 1.807) is 41.1 Å². The molecule has 3 heterocycles. The van der Waals surface area contributed by atoms with Gasteiger partial charge in [-0.3, -0.25) is 0 Å². The molecule has 3 aromatic rings. The first-order chi connectivity index (χ1) is 12.1. The number of aromatic nitrogens is 3. The lowest BCUT2D eigenvalue weighted by atomic mass is 9.99. The molecule has 2 aromatic heterocycles. The van der Waals surface area contributed by atoms with Gasteiger partial charge in [0.15, 0.2) is 6.23 Å². The second kappa shape index (κ2) is 6.08. The molecular formula is C17H18N4O4. The highest BCUT2D eigenvalue weighted by atomic mass is 16.6. The van der Waals surface area contributed by atoms with Gasteiger partial charge in [-0.25, -0.2) is 9.97 Å². The van der Waals surface area contributed by atoms with Gasteiger partial charge < -0.3 is 30.4 Å². The summed E-state index contributed by atoms with van der Waals surface area (Å²) in [7, 11) is 0. The summed E-state index contributed by atoms with van der Waals surface area (Å²) >= 11 is 0. The Morgan fingerprint density at radius 2 is 1.84 bits per heavy atom. The van der Waals surface area contributed by atoms with E-state index < -0.39 is 30.6 Å². The summed E-state index contributed by atoms with van der Waals surface area (Å²) < 4.78 is 7.39. The number of hydrogen-bond acceptors (Lipinski definition) is 7. The number of nitrogens with zero attached hydrogens (tertiary/aromatic N) is 3. The molecule has 1 aromatic carbocycles. The first-order valence-electron chi connectivity index (χ1n) is 7.89. The van der Waals surface area contributed by atoms with E-state index >= 15 is 0 Å². The molecule has 0 saturated carbocycles. The topological polar surface area (TPSA) is 127 Å². The third kappa shape index (κ3) is 2.56. The van der Waals surface area contributed by atoms with Crippen LogP contribution >= 0.6 is 0 Å². The minimum atomic E-state index is -1.25. The first kappa shape index (κ1) is 16.0. The summed E-state index contributed by atoms with van der Waals surface area (Å²) in [5.41, 5.74) is 6.91. The highest BCUT2D eigenvalue weighted by Gasteiger charge is 2.47. The monoisotopic (exact) mass is 342 g/mol. The van der Waals surface area contributed by atoms with Crippen LogP contribution in [-0.4, -0.2) is 48.2 Å². The van der Waals surface area contributed by atoms with E-state index in [0.29, 0.717) is 22.4 Å². The van der Waals surface area contributed by atoms with Crippen molar-refractivity contribution in [3.63, 3.8) is 0 Å². The van der Waals surface area contributed by atoms with Crippen LogP contribution in [0.4, 0.5) is 5.82 Å². The summed E-state index contributed by atoms with van der Waals surface area (Å²) in [6, 6.07) is 10.6. The third-order valence-electron chi connectivity index (χ3n) is 4.54. The minimum Gasteiger partial charge on any atom is -0.387 e. The van der Waals surface area contributed by atoms with Gasteiger partial charge in [-0.15, -0.1) is 0 Å². The molecule has 0 radical (unpaired) electrons. The van der Waals surface area contributed by atoms with E-state index in [4.69, 9.17) is 10.5 Å². The fourth-order valence-electron chi connectivity index (χ4n) is 3.21. The Labute approximate surface area is 143 Å². The molecule has 1 saturated heterocycles. The van der Waals surface area contributed by atoms with Crippen molar-refractivity contribution in [3.05, 3.63) is 54.5 Å². The Bertz CT molecular complexity index is 885. The number of ether oxygens (including phenoxy) is 1. The van der Waals surface area contributed by atoms with Gasteiger partial charge in [0.25, 0.3) is 0 Å². The average Bonchev–Trinajstić information content (AvgIpc) is 3.18. The molecule has 130 valence electrons. The molecule has 8 heteroatoms. The van der Waals surface area contributed by atoms with Crippen molar-refractivity contribution in [2.24, 2.45) is 0 Å². The van der Waals surface area contributed by atoms with E-state index in [1.807, 2.05) is 6.07 Å². The number of aliphatic hydroxyl groups excluding tert-OH is 3. The first-order valence-corrected chi connectivity index (χ1v) is 7.89. The van der Waals surface area contributed by atoms with Crippen LogP contribution in [0.1, 0.15) is 17.9 Å². The zero-order chi connectivity index (χ0) is 17.6. The van der Waals surface area contributed by atoms with Crippen molar-refractivity contribution < 1.29 is 20.1 Å². The quantitative estimate of drug-likeness (QED) is 0.541. The molecule has 4 rings (SSSR count). The fourth-order valence-corrected chi connectivity index (χ4v) is 3.21. The lowest BCUT2D eigenvalue weighted by Gasteiger charge is -2.21. The number of nitrogens with two attached hydrogens (primary N) is 1. The average molecular weight is 342 g/mol. The standard InChI is InChI=1S/C17H18N4O4/c18-15-10-6-7-21(16(10)20-8-19-15)17-13(24)12(23)14(25-17)11(22)9-4-2-1-3-5-9/h1-8,11-14,17,22-24H,(H2,18,19,20)/t11-,12+,13-,14-,17?/m1/s1. The molecule has 1 unspecified atom stereocenters. The molecular weight excluding hydrogens is 324 g/mol. The van der Waals surface area contributed by atoms with Crippen molar-refractivity contribution in [2.45, 2.75) is 30.6 Å². The Hall–Kier alpha value is -2.52. The van der Waals surface area contributed by atoms with Gasteiger partial charge >= 0.3 is 0 Å². The number of anilines is 1. The predicted molar refractivity (Wildman–Crippen MR) is 89.3 cm³/mol. The van der Waals surface area contributed by atoms with E-state index in [1.165, 1.54) is 6.33 Å². The van der Waals surface area contributed by atoms with E-state index in [2.05, 4.69) is 9.97 Å². The number of fused-ring (bicyclic) bond motifs is 1. The lowest BCUT2D eigenvalue weighted by Crippen LogP contribution is -2.34. The Balaban J connectivity index is 1.67. The van der Waals surface area contributed by atoms with Crippen LogP contribution in [0.3, 0.4) is 0 Å². The Morgan fingerprint density at radius 3 is 2.60 bits per heavy atom. The smallest absolute Gasteiger partial charge is 0.164 e. The molecule has 5 atom stereocenters. The number of aliphatic hydroxyl groups is 3. The highest BCUT2D eigenvalue weighted by Crippen LogP contribution is 2.37. The van der Waals surface area contributed by atoms with Crippen molar-refractivity contribution >= 4 is 16.9 Å². The SMILES string of the molecule is Nc1ncnc2c1ccn2C1O[C@H]([C@H](O)c2ccccc2)[C@@H](O)[C@H]1O. The molecule has 0 bridgehead atoms. The third-order valence-corrected chi connectivity index (χ3v) is 4.54. The molecule has 1 aliphatic rings. The van der Waals surface area contributed by atoms with Gasteiger partial charge in [0.1, 0.15) is 42.2 Å². The van der Waals surface area contributed by atoms with Crippen LogP contribution < -0.4 is 5.73 Å². The van der Waals surface area contributed by atoms with Gasteiger partial charge in [-0.05, 0) is 11.6 Å². The maximum absolute atomic E-state index is 10.5. The molecule has 5 N–H and O–H groups in total. The Kier molecular flexibility index (Phi) is 3.89. The van der Waals surface area contributed by atoms with E-state index in [0.717, 1.165) is 0 Å². The number of benzene rings is 1. The molecule has 1 aliphatic heterocycles. The Morgan fingerprint density at radius 1 is 1.08 bits per heavy atom. The molecule has 25 heavy (non-hydrogen) atoms. The number of rotatable bonds is 3. The molecule has 8 nitrogen and oxygen atoms in total. The van der Waals surface area contributed by atoms with Crippen LogP contribution in [-0.2, 0) is 4.74 Å². The van der Waals surface area contributed by atoms with Crippen molar-refractivity contribution in [1.29, 1.82) is 0 Å². The normalized spacial score (nSPS) is 27.6. The maximum atomic E-state index is 10.5. The highest BCUT2D eigenvalue weighted by molar-refractivity contribution is 5.86. The number of nitrogen functional groups attached to an aromatic ring is 1.